The third kappa shape index (κ3) is 2.63. The fourth-order valence-corrected chi connectivity index (χ4v) is 1.20. The molecule has 0 atom stereocenters. The van der Waals surface area contributed by atoms with Gasteiger partial charge in [0.1, 0.15) is 0 Å². The van der Waals surface area contributed by atoms with Gasteiger partial charge in [0, 0.05) is 12.0 Å². The summed E-state index contributed by atoms with van der Waals surface area (Å²) in [7, 11) is 0. The Kier molecular flexibility index (Phi) is 2.69. The van der Waals surface area contributed by atoms with Crippen LogP contribution in [0.4, 0.5) is 0 Å². The summed E-state index contributed by atoms with van der Waals surface area (Å²) in [6.45, 7) is 3.92. The zero-order valence-electron chi connectivity index (χ0n) is 9.27. The summed E-state index contributed by atoms with van der Waals surface area (Å²) in [5.74, 6) is 1.01. The molecule has 0 bridgehead atoms. The van der Waals surface area contributed by atoms with Crippen molar-refractivity contribution in [2.45, 2.75) is 32.2 Å². The normalized spacial score (nSPS) is 11.9. The Morgan fingerprint density at radius 3 is 2.94 bits per heavy atom. The number of nitrogens with two attached hydrogens (primary N) is 1. The van der Waals surface area contributed by atoms with Gasteiger partial charge in [0.2, 0.25) is 11.7 Å². The lowest BCUT2D eigenvalue weighted by molar-refractivity contribution is 0.358. The SMILES string of the molecule is CC(C)(N)CCc1nc(-c2cn[nH]n2)no1. The highest BCUT2D eigenvalue weighted by molar-refractivity contribution is 5.44. The van der Waals surface area contributed by atoms with Crippen molar-refractivity contribution in [2.24, 2.45) is 5.73 Å². The minimum Gasteiger partial charge on any atom is -0.339 e. The van der Waals surface area contributed by atoms with Crippen LogP contribution in [0.25, 0.3) is 11.5 Å². The standard InChI is InChI=1S/C9H14N6O/c1-9(2,10)4-3-7-12-8(14-16-7)6-5-11-15-13-6/h5H,3-4,10H2,1-2H3,(H,11,13,15). The molecule has 0 unspecified atom stereocenters. The van der Waals surface area contributed by atoms with Gasteiger partial charge in [-0.25, -0.2) is 0 Å². The Balaban J connectivity index is 2.03. The van der Waals surface area contributed by atoms with Gasteiger partial charge in [-0.15, -0.1) is 0 Å². The molecule has 0 aliphatic carbocycles. The van der Waals surface area contributed by atoms with E-state index in [-0.39, 0.29) is 5.54 Å². The molecule has 2 heterocycles. The first-order valence-corrected chi connectivity index (χ1v) is 5.02. The molecule has 0 saturated carbocycles. The minimum absolute atomic E-state index is 0.234. The third-order valence-electron chi connectivity index (χ3n) is 2.10. The maximum Gasteiger partial charge on any atom is 0.227 e. The van der Waals surface area contributed by atoms with Crippen molar-refractivity contribution in [2.75, 3.05) is 0 Å². The van der Waals surface area contributed by atoms with Crippen molar-refractivity contribution >= 4 is 0 Å². The van der Waals surface area contributed by atoms with Gasteiger partial charge in [0.25, 0.3) is 0 Å². The number of nitrogens with zero attached hydrogens (tertiary/aromatic N) is 4. The molecule has 0 fully saturated rings. The van der Waals surface area contributed by atoms with Gasteiger partial charge in [-0.3, -0.25) is 0 Å². The van der Waals surface area contributed by atoms with Crippen LogP contribution in [0.1, 0.15) is 26.2 Å². The monoisotopic (exact) mass is 222 g/mol. The van der Waals surface area contributed by atoms with E-state index in [0.29, 0.717) is 23.8 Å². The second-order valence-corrected chi connectivity index (χ2v) is 4.36. The van der Waals surface area contributed by atoms with Crippen molar-refractivity contribution in [3.8, 4) is 11.5 Å². The predicted molar refractivity (Wildman–Crippen MR) is 56.3 cm³/mol. The summed E-state index contributed by atoms with van der Waals surface area (Å²) >= 11 is 0. The maximum atomic E-state index is 5.87. The fraction of sp³-hybridized carbons (Fsp3) is 0.556. The number of nitrogens with one attached hydrogen (secondary N) is 1. The maximum absolute atomic E-state index is 5.87. The largest absolute Gasteiger partial charge is 0.339 e. The van der Waals surface area contributed by atoms with Crippen LogP contribution in [0.15, 0.2) is 10.7 Å². The lowest BCUT2D eigenvalue weighted by Crippen LogP contribution is -2.32. The molecular formula is C9H14N6O. The summed E-state index contributed by atoms with van der Waals surface area (Å²) in [6.07, 6.45) is 2.99. The van der Waals surface area contributed by atoms with Crippen LogP contribution < -0.4 is 5.73 Å². The number of aryl methyl sites for hydroxylation is 1. The highest BCUT2D eigenvalue weighted by Crippen LogP contribution is 2.13. The van der Waals surface area contributed by atoms with Crippen LogP contribution in [0.5, 0.6) is 0 Å². The molecule has 0 radical (unpaired) electrons. The molecule has 0 aliphatic rings. The Morgan fingerprint density at radius 2 is 2.31 bits per heavy atom. The third-order valence-corrected chi connectivity index (χ3v) is 2.10. The second-order valence-electron chi connectivity index (χ2n) is 4.36. The predicted octanol–water partition coefficient (Wildman–Crippen LogP) is 0.525. The Bertz CT molecular complexity index is 441. The number of hydrogen-bond donors (Lipinski definition) is 2. The highest BCUT2D eigenvalue weighted by Gasteiger charge is 2.15. The molecular weight excluding hydrogens is 208 g/mol. The number of hydrogen-bond acceptors (Lipinski definition) is 6. The van der Waals surface area contributed by atoms with E-state index in [2.05, 4.69) is 25.6 Å². The van der Waals surface area contributed by atoms with E-state index in [9.17, 15) is 0 Å². The molecule has 0 amide bonds. The summed E-state index contributed by atoms with van der Waals surface area (Å²) < 4.78 is 5.09. The van der Waals surface area contributed by atoms with Crippen molar-refractivity contribution in [1.82, 2.24) is 25.6 Å². The van der Waals surface area contributed by atoms with Gasteiger partial charge in [-0.05, 0) is 20.3 Å². The van der Waals surface area contributed by atoms with Crippen LogP contribution in [0, 0.1) is 0 Å². The van der Waals surface area contributed by atoms with Gasteiger partial charge in [0.15, 0.2) is 5.69 Å². The quantitative estimate of drug-likeness (QED) is 0.781. The number of aromatic amines is 1. The average molecular weight is 222 g/mol. The fourth-order valence-electron chi connectivity index (χ4n) is 1.20. The molecule has 0 saturated heterocycles. The molecule has 7 heteroatoms. The zero-order chi connectivity index (χ0) is 11.6. The summed E-state index contributed by atoms with van der Waals surface area (Å²) in [5.41, 5.74) is 6.21. The first kappa shape index (κ1) is 10.7. The van der Waals surface area contributed by atoms with Crippen molar-refractivity contribution in [1.29, 1.82) is 0 Å². The van der Waals surface area contributed by atoms with Gasteiger partial charge < -0.3 is 10.3 Å². The summed E-state index contributed by atoms with van der Waals surface area (Å²) in [4.78, 5) is 4.20. The molecule has 7 nitrogen and oxygen atoms in total. The zero-order valence-corrected chi connectivity index (χ0v) is 9.27. The van der Waals surface area contributed by atoms with Crippen LogP contribution >= 0.6 is 0 Å². The minimum atomic E-state index is -0.234. The number of aromatic nitrogens is 5. The van der Waals surface area contributed by atoms with E-state index in [1.165, 1.54) is 0 Å². The van der Waals surface area contributed by atoms with Crippen LogP contribution in [0.2, 0.25) is 0 Å². The summed E-state index contributed by atoms with van der Waals surface area (Å²) in [6, 6.07) is 0. The van der Waals surface area contributed by atoms with E-state index in [0.717, 1.165) is 6.42 Å². The molecule has 2 aromatic rings. The van der Waals surface area contributed by atoms with Crippen molar-refractivity contribution in [3.63, 3.8) is 0 Å². The highest BCUT2D eigenvalue weighted by atomic mass is 16.5. The first-order chi connectivity index (χ1) is 7.54. The van der Waals surface area contributed by atoms with Crippen molar-refractivity contribution in [3.05, 3.63) is 12.1 Å². The van der Waals surface area contributed by atoms with E-state index in [1.54, 1.807) is 6.20 Å². The lowest BCUT2D eigenvalue weighted by atomic mass is 10.0. The van der Waals surface area contributed by atoms with Crippen LogP contribution in [-0.4, -0.2) is 31.1 Å². The average Bonchev–Trinajstić information content (AvgIpc) is 2.84. The van der Waals surface area contributed by atoms with E-state index >= 15 is 0 Å². The second kappa shape index (κ2) is 4.01. The van der Waals surface area contributed by atoms with E-state index < -0.39 is 0 Å². The molecule has 2 aromatic heterocycles. The Hall–Kier alpha value is -1.76. The number of H-pyrrole nitrogens is 1. The molecule has 0 aromatic carbocycles. The lowest BCUT2D eigenvalue weighted by Gasteiger charge is -2.16. The molecule has 16 heavy (non-hydrogen) atoms. The topological polar surface area (TPSA) is 107 Å². The smallest absolute Gasteiger partial charge is 0.227 e. The summed E-state index contributed by atoms with van der Waals surface area (Å²) in [5, 5.41) is 13.8. The number of rotatable bonds is 4. The van der Waals surface area contributed by atoms with E-state index in [4.69, 9.17) is 10.3 Å². The molecule has 3 N–H and O–H groups in total. The molecule has 2 rings (SSSR count). The first-order valence-electron chi connectivity index (χ1n) is 5.02. The van der Waals surface area contributed by atoms with Crippen LogP contribution in [0.3, 0.4) is 0 Å². The van der Waals surface area contributed by atoms with Gasteiger partial charge >= 0.3 is 0 Å². The molecule has 0 aliphatic heterocycles. The van der Waals surface area contributed by atoms with Crippen LogP contribution in [-0.2, 0) is 6.42 Å². The Labute approximate surface area is 92.4 Å². The van der Waals surface area contributed by atoms with Gasteiger partial charge in [0.05, 0.1) is 6.20 Å². The van der Waals surface area contributed by atoms with Gasteiger partial charge in [-0.1, -0.05) is 5.16 Å². The van der Waals surface area contributed by atoms with Crippen molar-refractivity contribution < 1.29 is 4.52 Å². The van der Waals surface area contributed by atoms with E-state index in [1.807, 2.05) is 13.8 Å². The molecule has 86 valence electrons. The Morgan fingerprint density at radius 1 is 1.50 bits per heavy atom. The molecule has 0 spiro atoms. The van der Waals surface area contributed by atoms with Gasteiger partial charge in [-0.2, -0.15) is 20.4 Å².